The van der Waals surface area contributed by atoms with Crippen LogP contribution in [0.15, 0.2) is 4.99 Å². The summed E-state index contributed by atoms with van der Waals surface area (Å²) in [6.45, 7) is 4.64. The number of nitrogens with zero attached hydrogens (tertiary/aromatic N) is 2. The highest BCUT2D eigenvalue weighted by Crippen LogP contribution is 2.15. The Morgan fingerprint density at radius 2 is 2.24 bits per heavy atom. The van der Waals surface area contributed by atoms with Gasteiger partial charge in [-0.15, -0.1) is 0 Å². The highest BCUT2D eigenvalue weighted by molar-refractivity contribution is 7.89. The van der Waals surface area contributed by atoms with Gasteiger partial charge in [0.1, 0.15) is 0 Å². The van der Waals surface area contributed by atoms with Crippen LogP contribution >= 0.6 is 0 Å². The molecule has 1 fully saturated rings. The predicted octanol–water partition coefficient (Wildman–Crippen LogP) is 0.356. The van der Waals surface area contributed by atoms with Crippen LogP contribution < -0.4 is 0 Å². The monoisotopic (exact) mass is 262 g/mol. The van der Waals surface area contributed by atoms with Gasteiger partial charge in [0.05, 0.1) is 19.0 Å². The first kappa shape index (κ1) is 14.3. The van der Waals surface area contributed by atoms with Crippen molar-refractivity contribution in [2.24, 2.45) is 10.9 Å². The molecule has 0 spiro atoms. The Bertz CT molecular complexity index is 387. The molecule has 1 atom stereocenters. The first-order chi connectivity index (χ1) is 7.97. The molecule has 0 saturated carbocycles. The van der Waals surface area contributed by atoms with Crippen LogP contribution in [-0.4, -0.2) is 50.5 Å². The molecule has 0 N–H and O–H groups in total. The van der Waals surface area contributed by atoms with Gasteiger partial charge in [0.2, 0.25) is 16.1 Å². The number of ether oxygens (including phenoxy) is 1. The highest BCUT2D eigenvalue weighted by Gasteiger charge is 2.32. The van der Waals surface area contributed by atoms with Gasteiger partial charge in [-0.25, -0.2) is 13.2 Å². The number of carbonyl (C=O) groups excluding carboxylic acids is 1. The lowest BCUT2D eigenvalue weighted by atomic mass is 10.2. The first-order valence-corrected chi connectivity index (χ1v) is 7.22. The second-order valence-corrected chi connectivity index (χ2v) is 6.43. The number of sulfonamides is 1. The van der Waals surface area contributed by atoms with Crippen LogP contribution in [0, 0.1) is 5.92 Å². The lowest BCUT2D eigenvalue weighted by molar-refractivity contribution is 0.0359. The van der Waals surface area contributed by atoms with Crippen LogP contribution in [0.4, 0.5) is 0 Å². The third-order valence-electron chi connectivity index (χ3n) is 2.57. The number of rotatable bonds is 5. The fourth-order valence-electron chi connectivity index (χ4n) is 1.56. The van der Waals surface area contributed by atoms with E-state index in [1.165, 1.54) is 10.4 Å². The molecule has 1 unspecified atom stereocenters. The summed E-state index contributed by atoms with van der Waals surface area (Å²) in [7, 11) is -3.37. The van der Waals surface area contributed by atoms with Crippen LogP contribution in [0.2, 0.25) is 0 Å². The first-order valence-electron chi connectivity index (χ1n) is 5.61. The molecule has 0 aromatic heterocycles. The average Bonchev–Trinajstić information content (AvgIpc) is 2.28. The van der Waals surface area contributed by atoms with Gasteiger partial charge in [-0.3, -0.25) is 0 Å². The van der Waals surface area contributed by atoms with Crippen molar-refractivity contribution in [3.05, 3.63) is 0 Å². The number of hydrogen-bond donors (Lipinski definition) is 0. The number of isocyanates is 1. The average molecular weight is 262 g/mol. The number of morpholine rings is 1. The minimum atomic E-state index is -3.37. The van der Waals surface area contributed by atoms with Crippen molar-refractivity contribution < 1.29 is 17.9 Å². The summed E-state index contributed by atoms with van der Waals surface area (Å²) in [6, 6.07) is 0. The molecule has 7 heteroatoms. The molecule has 0 amide bonds. The van der Waals surface area contributed by atoms with E-state index in [1.54, 1.807) is 0 Å². The summed E-state index contributed by atoms with van der Waals surface area (Å²) < 4.78 is 30.5. The molecule has 1 heterocycles. The van der Waals surface area contributed by atoms with E-state index in [-0.39, 0.29) is 18.9 Å². The smallest absolute Gasteiger partial charge is 0.236 e. The zero-order chi connectivity index (χ0) is 12.9. The van der Waals surface area contributed by atoms with Gasteiger partial charge in [0.15, 0.2) is 6.17 Å². The van der Waals surface area contributed by atoms with E-state index in [9.17, 15) is 13.2 Å². The standard InChI is InChI=1S/C10H18N2O4S/c1-9(2)3-6-17(14,15)12-4-5-16-7-10(12)11-8-13/h9-10H,3-7H2,1-2H3. The van der Waals surface area contributed by atoms with Crippen LogP contribution in [0.5, 0.6) is 0 Å². The number of aliphatic imine (C=N–C) groups is 1. The zero-order valence-electron chi connectivity index (χ0n) is 10.1. The molecule has 98 valence electrons. The van der Waals surface area contributed by atoms with E-state index in [0.29, 0.717) is 18.9 Å². The topological polar surface area (TPSA) is 76.0 Å². The van der Waals surface area contributed by atoms with Crippen molar-refractivity contribution in [3.8, 4) is 0 Å². The quantitative estimate of drug-likeness (QED) is 0.529. The summed E-state index contributed by atoms with van der Waals surface area (Å²) in [5.41, 5.74) is 0. The second-order valence-electron chi connectivity index (χ2n) is 4.39. The minimum absolute atomic E-state index is 0.0789. The minimum Gasteiger partial charge on any atom is -0.376 e. The molecule has 0 aromatic rings. The normalized spacial score (nSPS) is 22.4. The van der Waals surface area contributed by atoms with E-state index >= 15 is 0 Å². The van der Waals surface area contributed by atoms with Gasteiger partial charge in [-0.1, -0.05) is 13.8 Å². The van der Waals surface area contributed by atoms with Gasteiger partial charge >= 0.3 is 0 Å². The van der Waals surface area contributed by atoms with Crippen LogP contribution in [0.1, 0.15) is 20.3 Å². The molecule has 17 heavy (non-hydrogen) atoms. The van der Waals surface area contributed by atoms with E-state index in [4.69, 9.17) is 4.74 Å². The molecule has 0 aliphatic carbocycles. The van der Waals surface area contributed by atoms with E-state index in [0.717, 1.165) is 0 Å². The Labute approximate surface area is 102 Å². The summed E-state index contributed by atoms with van der Waals surface area (Å²) in [5.74, 6) is 0.397. The van der Waals surface area contributed by atoms with Crippen molar-refractivity contribution in [2.75, 3.05) is 25.5 Å². The lowest BCUT2D eigenvalue weighted by Gasteiger charge is -2.31. The van der Waals surface area contributed by atoms with Crippen molar-refractivity contribution in [1.29, 1.82) is 0 Å². The summed E-state index contributed by atoms with van der Waals surface area (Å²) in [6.07, 6.45) is 1.24. The molecule has 1 rings (SSSR count). The highest BCUT2D eigenvalue weighted by atomic mass is 32.2. The molecule has 6 nitrogen and oxygen atoms in total. The predicted molar refractivity (Wildman–Crippen MR) is 62.7 cm³/mol. The summed E-state index contributed by atoms with van der Waals surface area (Å²) in [4.78, 5) is 13.7. The Balaban J connectivity index is 2.76. The lowest BCUT2D eigenvalue weighted by Crippen LogP contribution is -2.48. The molecule has 0 bridgehead atoms. The van der Waals surface area contributed by atoms with Gasteiger partial charge in [-0.05, 0) is 12.3 Å². The third kappa shape index (κ3) is 4.20. The molecule has 0 aromatic carbocycles. The van der Waals surface area contributed by atoms with Crippen molar-refractivity contribution in [3.63, 3.8) is 0 Å². The van der Waals surface area contributed by atoms with Gasteiger partial charge in [-0.2, -0.15) is 9.30 Å². The second kappa shape index (κ2) is 6.26. The van der Waals surface area contributed by atoms with E-state index < -0.39 is 16.2 Å². The molecule has 1 saturated heterocycles. The molecule has 0 radical (unpaired) electrons. The molecule has 1 aliphatic heterocycles. The Morgan fingerprint density at radius 1 is 1.53 bits per heavy atom. The molecular formula is C10H18N2O4S. The summed E-state index contributed by atoms with van der Waals surface area (Å²) in [5, 5.41) is 0. The largest absolute Gasteiger partial charge is 0.376 e. The van der Waals surface area contributed by atoms with Crippen molar-refractivity contribution >= 4 is 16.1 Å². The third-order valence-corrected chi connectivity index (χ3v) is 4.46. The van der Waals surface area contributed by atoms with Gasteiger partial charge in [0, 0.05) is 6.54 Å². The Hall–Kier alpha value is -0.750. The Morgan fingerprint density at radius 3 is 2.82 bits per heavy atom. The zero-order valence-corrected chi connectivity index (χ0v) is 10.9. The molecule has 1 aliphatic rings. The molecular weight excluding hydrogens is 244 g/mol. The Kier molecular flexibility index (Phi) is 5.27. The number of hydrogen-bond acceptors (Lipinski definition) is 5. The van der Waals surface area contributed by atoms with Gasteiger partial charge < -0.3 is 4.74 Å². The maximum atomic E-state index is 12.1. The maximum Gasteiger partial charge on any atom is 0.236 e. The van der Waals surface area contributed by atoms with Crippen LogP contribution in [0.25, 0.3) is 0 Å². The summed E-state index contributed by atoms with van der Waals surface area (Å²) >= 11 is 0. The fraction of sp³-hybridized carbons (Fsp3) is 0.900. The SMILES string of the molecule is CC(C)CCS(=O)(=O)N1CCOCC1N=C=O. The van der Waals surface area contributed by atoms with E-state index in [2.05, 4.69) is 4.99 Å². The van der Waals surface area contributed by atoms with Crippen molar-refractivity contribution in [1.82, 2.24) is 4.31 Å². The fourth-order valence-corrected chi connectivity index (χ4v) is 3.40. The maximum absolute atomic E-state index is 12.1. The van der Waals surface area contributed by atoms with Crippen LogP contribution in [0.3, 0.4) is 0 Å². The van der Waals surface area contributed by atoms with Crippen LogP contribution in [-0.2, 0) is 19.6 Å². The van der Waals surface area contributed by atoms with Crippen molar-refractivity contribution in [2.45, 2.75) is 26.4 Å². The van der Waals surface area contributed by atoms with E-state index in [1.807, 2.05) is 13.8 Å². The van der Waals surface area contributed by atoms with Gasteiger partial charge in [0.25, 0.3) is 0 Å².